The van der Waals surface area contributed by atoms with Gasteiger partial charge in [0.2, 0.25) is 5.91 Å². The van der Waals surface area contributed by atoms with Gasteiger partial charge >= 0.3 is 12.1 Å². The van der Waals surface area contributed by atoms with Gasteiger partial charge in [-0.3, -0.25) is 9.59 Å². The summed E-state index contributed by atoms with van der Waals surface area (Å²) in [6, 6.07) is 0. The highest BCUT2D eigenvalue weighted by atomic mass is 35.5. The van der Waals surface area contributed by atoms with Gasteiger partial charge in [0.1, 0.15) is 0 Å². The second-order valence-electron chi connectivity index (χ2n) is 5.48. The summed E-state index contributed by atoms with van der Waals surface area (Å²) in [6.07, 6.45) is -1.41. The monoisotopic (exact) mass is 416 g/mol. The number of carbonyl (C=O) groups is 2. The first-order valence-electron chi connectivity index (χ1n) is 7.55. The van der Waals surface area contributed by atoms with Crippen LogP contribution < -0.4 is 0 Å². The molecule has 2 amide bonds. The maximum absolute atomic E-state index is 11.8. The van der Waals surface area contributed by atoms with E-state index in [-0.39, 0.29) is 24.3 Å². The fraction of sp³-hybridized carbons (Fsp3) is 0.529. The average Bonchev–Trinajstić information content (AvgIpc) is 2.92. The Hall–Kier alpha value is -1.47. The van der Waals surface area contributed by atoms with Crippen molar-refractivity contribution in [3.8, 4) is 0 Å². The molecule has 1 heterocycles. The number of alkyl halides is 5. The summed E-state index contributed by atoms with van der Waals surface area (Å²) in [4.78, 5) is 23.9. The van der Waals surface area contributed by atoms with E-state index in [1.165, 1.54) is 0 Å². The first kappa shape index (κ1) is 26.8. The Labute approximate surface area is 162 Å². The minimum absolute atomic E-state index is 0.0629. The third-order valence-electron chi connectivity index (χ3n) is 2.89. The summed E-state index contributed by atoms with van der Waals surface area (Å²) in [6.45, 7) is 13.8. The molecule has 0 bridgehead atoms. The van der Waals surface area contributed by atoms with Gasteiger partial charge in [-0.15, -0.1) is 29.8 Å². The molecule has 0 fully saturated rings. The number of halogens is 5. The van der Waals surface area contributed by atoms with E-state index in [0.29, 0.717) is 13.1 Å². The zero-order chi connectivity index (χ0) is 20.9. The number of nitrogens with zero attached hydrogens (tertiary/aromatic N) is 2. The van der Waals surface area contributed by atoms with Crippen LogP contribution in [0.1, 0.15) is 20.8 Å². The van der Waals surface area contributed by atoms with Crippen LogP contribution >= 0.6 is 23.2 Å². The highest BCUT2D eigenvalue weighted by molar-refractivity contribution is 6.40. The van der Waals surface area contributed by atoms with Gasteiger partial charge in [-0.05, 0) is 13.8 Å². The molecule has 150 valence electrons. The predicted octanol–water partition coefficient (Wildman–Crippen LogP) is 4.36. The van der Waals surface area contributed by atoms with E-state index in [1.54, 1.807) is 30.9 Å². The summed E-state index contributed by atoms with van der Waals surface area (Å²) < 4.78 is 35.4. The van der Waals surface area contributed by atoms with Gasteiger partial charge in [0, 0.05) is 33.1 Å². The van der Waals surface area contributed by atoms with Gasteiger partial charge in [0.25, 0.3) is 0 Å². The van der Waals surface area contributed by atoms with Crippen molar-refractivity contribution in [1.29, 1.82) is 0 Å². The Kier molecular flexibility index (Phi) is 14.1. The van der Waals surface area contributed by atoms with E-state index in [1.807, 2.05) is 6.92 Å². The van der Waals surface area contributed by atoms with E-state index in [2.05, 4.69) is 13.2 Å². The lowest BCUT2D eigenvalue weighted by atomic mass is 10.3. The third-order valence-corrected chi connectivity index (χ3v) is 2.89. The molecule has 0 aromatic heterocycles. The minimum Gasteiger partial charge on any atom is -0.335 e. The number of hydrogen-bond donors (Lipinski definition) is 0. The van der Waals surface area contributed by atoms with Crippen molar-refractivity contribution < 1.29 is 22.8 Å². The third kappa shape index (κ3) is 12.8. The van der Waals surface area contributed by atoms with Crippen molar-refractivity contribution in [3.05, 3.63) is 36.5 Å². The molecule has 9 heteroatoms. The molecular formula is C17H25Cl2F3N2O2. The Morgan fingerprint density at radius 1 is 1.35 bits per heavy atom. The maximum Gasteiger partial charge on any atom is 0.471 e. The minimum atomic E-state index is -4.74. The van der Waals surface area contributed by atoms with Crippen LogP contribution in [0.2, 0.25) is 0 Å². The largest absolute Gasteiger partial charge is 0.471 e. The molecular weight excluding hydrogens is 392 g/mol. The zero-order valence-corrected chi connectivity index (χ0v) is 16.7. The van der Waals surface area contributed by atoms with Crippen molar-refractivity contribution >= 4 is 35.0 Å². The normalized spacial score (nSPS) is 12.8. The zero-order valence-electron chi connectivity index (χ0n) is 15.2. The van der Waals surface area contributed by atoms with Crippen molar-refractivity contribution in [3.63, 3.8) is 0 Å². The molecule has 4 nitrogen and oxygen atoms in total. The van der Waals surface area contributed by atoms with Crippen molar-refractivity contribution in [2.24, 2.45) is 0 Å². The SMILES string of the molecule is C=CCN(CC(=C)C)C(C)=O.CC1=CCN(C(=O)C(F)(F)F)C1.ClCCl. The molecule has 26 heavy (non-hydrogen) atoms. The standard InChI is InChI=1S/C9H15NO.C7H8F3NO.CH2Cl2/c1-5-6-10(9(4)11)7-8(2)3;1-5-2-3-11(4-5)6(12)7(8,9)10;2-1-3/h5H,1-2,6-7H2,3-4H3;2H,3-4H2,1H3;1H2. The topological polar surface area (TPSA) is 40.6 Å². The van der Waals surface area contributed by atoms with Crippen LogP contribution in [0.5, 0.6) is 0 Å². The van der Waals surface area contributed by atoms with E-state index in [0.717, 1.165) is 16.0 Å². The highest BCUT2D eigenvalue weighted by Gasteiger charge is 2.42. The number of amides is 2. The summed E-state index contributed by atoms with van der Waals surface area (Å²) in [5.41, 5.74) is 1.79. The van der Waals surface area contributed by atoms with Crippen LogP contribution in [0.4, 0.5) is 13.2 Å². The van der Waals surface area contributed by atoms with Gasteiger partial charge in [0.15, 0.2) is 0 Å². The summed E-state index contributed by atoms with van der Waals surface area (Å²) in [5, 5.41) is 0.194. The quantitative estimate of drug-likeness (QED) is 0.504. The fourth-order valence-electron chi connectivity index (χ4n) is 1.82. The molecule has 0 aromatic rings. The molecule has 0 saturated carbocycles. The van der Waals surface area contributed by atoms with Gasteiger partial charge in [-0.25, -0.2) is 0 Å². The lowest BCUT2D eigenvalue weighted by Gasteiger charge is -2.18. The van der Waals surface area contributed by atoms with Crippen LogP contribution in [-0.2, 0) is 9.59 Å². The van der Waals surface area contributed by atoms with E-state index >= 15 is 0 Å². The Morgan fingerprint density at radius 2 is 1.85 bits per heavy atom. The molecule has 0 aromatic carbocycles. The lowest BCUT2D eigenvalue weighted by Crippen LogP contribution is -2.39. The molecule has 0 radical (unpaired) electrons. The highest BCUT2D eigenvalue weighted by Crippen LogP contribution is 2.21. The number of carbonyl (C=O) groups excluding carboxylic acids is 2. The van der Waals surface area contributed by atoms with Crippen LogP contribution in [0.15, 0.2) is 36.5 Å². The van der Waals surface area contributed by atoms with Crippen LogP contribution in [0, 0.1) is 0 Å². The summed E-state index contributed by atoms with van der Waals surface area (Å²) in [5.74, 6) is -1.69. The van der Waals surface area contributed by atoms with Crippen LogP contribution in [0.3, 0.4) is 0 Å². The van der Waals surface area contributed by atoms with Crippen molar-refractivity contribution in [1.82, 2.24) is 9.80 Å². The first-order valence-corrected chi connectivity index (χ1v) is 8.61. The predicted molar refractivity (Wildman–Crippen MR) is 100 cm³/mol. The molecule has 0 aliphatic carbocycles. The smallest absolute Gasteiger partial charge is 0.335 e. The molecule has 0 saturated heterocycles. The molecule has 0 spiro atoms. The van der Waals surface area contributed by atoms with Crippen molar-refractivity contribution in [2.45, 2.75) is 26.9 Å². The van der Waals surface area contributed by atoms with E-state index in [9.17, 15) is 22.8 Å². The maximum atomic E-state index is 11.8. The van der Waals surface area contributed by atoms with E-state index < -0.39 is 12.1 Å². The summed E-state index contributed by atoms with van der Waals surface area (Å²) >= 11 is 9.53. The first-order chi connectivity index (χ1) is 11.9. The van der Waals surface area contributed by atoms with Gasteiger partial charge in [0.05, 0.1) is 5.34 Å². The number of hydrogen-bond acceptors (Lipinski definition) is 2. The molecule has 0 atom stereocenters. The second kappa shape index (κ2) is 13.7. The van der Waals surface area contributed by atoms with Crippen molar-refractivity contribution in [2.75, 3.05) is 31.5 Å². The van der Waals surface area contributed by atoms with Gasteiger partial charge in [-0.2, -0.15) is 13.2 Å². The molecule has 0 unspecified atom stereocenters. The Balaban J connectivity index is 0. The Morgan fingerprint density at radius 3 is 2.12 bits per heavy atom. The average molecular weight is 417 g/mol. The summed E-state index contributed by atoms with van der Waals surface area (Å²) in [7, 11) is 0. The Bertz CT molecular complexity index is 521. The van der Waals surface area contributed by atoms with Gasteiger partial charge in [-0.1, -0.05) is 29.9 Å². The second-order valence-corrected chi connectivity index (χ2v) is 6.29. The van der Waals surface area contributed by atoms with Crippen LogP contribution in [-0.4, -0.2) is 59.3 Å². The molecule has 1 aliphatic rings. The van der Waals surface area contributed by atoms with Crippen LogP contribution in [0.25, 0.3) is 0 Å². The fourth-order valence-corrected chi connectivity index (χ4v) is 1.82. The lowest BCUT2D eigenvalue weighted by molar-refractivity contribution is -0.184. The molecule has 0 N–H and O–H groups in total. The van der Waals surface area contributed by atoms with Gasteiger partial charge < -0.3 is 9.80 Å². The van der Waals surface area contributed by atoms with E-state index in [4.69, 9.17) is 23.2 Å². The molecule has 1 aliphatic heterocycles. The molecule has 1 rings (SSSR count). The number of rotatable bonds is 4.